The molecule has 9 heteroatoms. The van der Waals surface area contributed by atoms with Gasteiger partial charge >= 0.3 is 0 Å². The van der Waals surface area contributed by atoms with E-state index in [1.807, 2.05) is 60.7 Å². The number of benzene rings is 3. The molecule has 3 aromatic rings. The Morgan fingerprint density at radius 2 is 1.47 bits per heavy atom. The van der Waals surface area contributed by atoms with E-state index < -0.39 is 11.8 Å². The van der Waals surface area contributed by atoms with Gasteiger partial charge in [-0.1, -0.05) is 42.5 Å². The first kappa shape index (κ1) is 25.4. The number of hydroxylamine groups is 2. The predicted octanol–water partition coefficient (Wildman–Crippen LogP) is 5.31. The molecule has 0 aliphatic carbocycles. The van der Waals surface area contributed by atoms with Crippen LogP contribution in [-0.2, 0) is 9.63 Å². The van der Waals surface area contributed by atoms with Crippen LogP contribution in [0.5, 0.6) is 5.75 Å². The number of aliphatic imine (C=N–C) groups is 1. The Morgan fingerprint density at radius 1 is 0.816 bits per heavy atom. The van der Waals surface area contributed by atoms with Gasteiger partial charge in [-0.25, -0.2) is 4.99 Å². The number of amidine groups is 1. The lowest BCUT2D eigenvalue weighted by Gasteiger charge is -2.16. The molecule has 0 atom stereocenters. The fourth-order valence-corrected chi connectivity index (χ4v) is 5.09. The third-order valence-corrected chi connectivity index (χ3v) is 7.04. The van der Waals surface area contributed by atoms with Crippen LogP contribution < -0.4 is 4.74 Å². The largest absolute Gasteiger partial charge is 0.497 e. The fourth-order valence-electron chi connectivity index (χ4n) is 4.07. The van der Waals surface area contributed by atoms with E-state index in [1.54, 1.807) is 36.3 Å². The molecule has 0 unspecified atom stereocenters. The number of rotatable bonds is 9. The van der Waals surface area contributed by atoms with Crippen molar-refractivity contribution in [1.29, 1.82) is 0 Å². The van der Waals surface area contributed by atoms with Crippen LogP contribution in [0.1, 0.15) is 39.1 Å². The van der Waals surface area contributed by atoms with E-state index in [-0.39, 0.29) is 12.5 Å². The molecule has 192 valence electrons. The predicted molar refractivity (Wildman–Crippen MR) is 146 cm³/mol. The number of ether oxygens (including phenoxy) is 1. The van der Waals surface area contributed by atoms with Crippen LogP contribution in [0.25, 0.3) is 6.08 Å². The second-order valence-electron chi connectivity index (χ2n) is 8.56. The lowest BCUT2D eigenvalue weighted by Crippen LogP contribution is -2.32. The van der Waals surface area contributed by atoms with Gasteiger partial charge in [-0.2, -0.15) is 0 Å². The molecule has 3 amide bonds. The number of carbonyl (C=O) groups excluding carboxylic acids is 3. The van der Waals surface area contributed by atoms with Gasteiger partial charge < -0.3 is 4.74 Å². The number of fused-ring (bicyclic) bond motifs is 1. The van der Waals surface area contributed by atoms with E-state index in [1.165, 1.54) is 11.8 Å². The summed E-state index contributed by atoms with van der Waals surface area (Å²) in [6.07, 6.45) is 2.98. The second kappa shape index (κ2) is 11.5. The highest BCUT2D eigenvalue weighted by Crippen LogP contribution is 2.34. The first-order chi connectivity index (χ1) is 18.5. The second-order valence-corrected chi connectivity index (χ2v) is 9.57. The number of unbranched alkanes of at least 4 members (excludes halogenated alkanes) is 1. The molecule has 0 spiro atoms. The summed E-state index contributed by atoms with van der Waals surface area (Å²) in [4.78, 5) is 50.7. The zero-order valence-corrected chi connectivity index (χ0v) is 21.5. The zero-order chi connectivity index (χ0) is 26.5. The smallest absolute Gasteiger partial charge is 0.285 e. The van der Waals surface area contributed by atoms with Crippen molar-refractivity contribution in [2.45, 2.75) is 12.8 Å². The van der Waals surface area contributed by atoms with Crippen LogP contribution in [0.2, 0.25) is 0 Å². The van der Waals surface area contributed by atoms with Crippen LogP contribution >= 0.6 is 11.8 Å². The third kappa shape index (κ3) is 5.39. The minimum absolute atomic E-state index is 0.123. The summed E-state index contributed by atoms with van der Waals surface area (Å²) in [7, 11) is 1.61. The van der Waals surface area contributed by atoms with Crippen molar-refractivity contribution in [3.05, 3.63) is 100 Å². The number of carbonyl (C=O) groups is 3. The Balaban J connectivity index is 1.23. The summed E-state index contributed by atoms with van der Waals surface area (Å²) in [5.41, 5.74) is 2.33. The molecule has 5 rings (SSSR count). The van der Waals surface area contributed by atoms with E-state index in [9.17, 15) is 14.4 Å². The molecule has 1 fully saturated rings. The Labute approximate surface area is 224 Å². The number of para-hydroxylation sites is 1. The first-order valence-electron chi connectivity index (χ1n) is 12.1. The molecule has 38 heavy (non-hydrogen) atoms. The standard InChI is InChI=1S/C29H25N3O5S/c1-36-22-15-13-20(14-16-22)19-25-28(35)31(29(38-25)30-21-9-3-2-4-10-21)17-7-8-18-37-32-26(33)23-11-5-6-12-24(23)27(32)34/h2-6,9-16,19H,7-8,17-18H2,1H3/b25-19+,30-29?. The zero-order valence-electron chi connectivity index (χ0n) is 20.7. The highest BCUT2D eigenvalue weighted by molar-refractivity contribution is 8.18. The maximum atomic E-state index is 13.3. The van der Waals surface area contributed by atoms with Crippen LogP contribution in [0.3, 0.4) is 0 Å². The Hall–Kier alpha value is -4.21. The molecule has 2 aliphatic rings. The van der Waals surface area contributed by atoms with Crippen LogP contribution in [0.4, 0.5) is 5.69 Å². The Morgan fingerprint density at radius 3 is 2.13 bits per heavy atom. The lowest BCUT2D eigenvalue weighted by molar-refractivity contribution is -0.122. The van der Waals surface area contributed by atoms with Crippen LogP contribution in [0, 0.1) is 0 Å². The summed E-state index contributed by atoms with van der Waals surface area (Å²) in [5.74, 6) is -0.291. The number of nitrogens with zero attached hydrogens (tertiary/aromatic N) is 3. The first-order valence-corrected chi connectivity index (χ1v) is 13.0. The third-order valence-electron chi connectivity index (χ3n) is 6.04. The number of amides is 3. The van der Waals surface area contributed by atoms with Crippen molar-refractivity contribution in [1.82, 2.24) is 9.96 Å². The van der Waals surface area contributed by atoms with Gasteiger partial charge in [0.05, 0.1) is 35.4 Å². The molecular formula is C29H25N3O5S. The van der Waals surface area contributed by atoms with E-state index >= 15 is 0 Å². The minimum Gasteiger partial charge on any atom is -0.497 e. The molecule has 0 aromatic heterocycles. The average Bonchev–Trinajstić information content (AvgIpc) is 3.37. The highest BCUT2D eigenvalue weighted by atomic mass is 32.2. The topological polar surface area (TPSA) is 88.5 Å². The quantitative estimate of drug-likeness (QED) is 0.213. The van der Waals surface area contributed by atoms with Crippen molar-refractivity contribution in [3.8, 4) is 5.75 Å². The summed E-state index contributed by atoms with van der Waals surface area (Å²) in [6.45, 7) is 0.587. The lowest BCUT2D eigenvalue weighted by atomic mass is 10.1. The molecule has 2 aliphatic heterocycles. The molecule has 0 bridgehead atoms. The van der Waals surface area contributed by atoms with Gasteiger partial charge in [-0.05, 0) is 72.6 Å². The number of thioether (sulfide) groups is 1. The van der Waals surface area contributed by atoms with Crippen molar-refractivity contribution in [2.75, 3.05) is 20.3 Å². The van der Waals surface area contributed by atoms with Crippen molar-refractivity contribution < 1.29 is 24.0 Å². The van der Waals surface area contributed by atoms with Gasteiger partial charge in [0.25, 0.3) is 17.7 Å². The Bertz CT molecular complexity index is 1380. The molecular weight excluding hydrogens is 502 g/mol. The number of hydrogen-bond acceptors (Lipinski definition) is 7. The van der Waals surface area contributed by atoms with Crippen molar-refractivity contribution in [3.63, 3.8) is 0 Å². The number of imide groups is 1. The maximum Gasteiger partial charge on any atom is 0.285 e. The van der Waals surface area contributed by atoms with E-state index in [4.69, 9.17) is 14.6 Å². The van der Waals surface area contributed by atoms with Crippen LogP contribution in [0.15, 0.2) is 88.8 Å². The van der Waals surface area contributed by atoms with Gasteiger partial charge in [0.15, 0.2) is 5.17 Å². The van der Waals surface area contributed by atoms with Crippen molar-refractivity contribution in [2.24, 2.45) is 4.99 Å². The summed E-state index contributed by atoms with van der Waals surface area (Å²) >= 11 is 1.33. The fraction of sp³-hybridized carbons (Fsp3) is 0.172. The minimum atomic E-state index is -0.456. The summed E-state index contributed by atoms with van der Waals surface area (Å²) < 4.78 is 5.21. The Kier molecular flexibility index (Phi) is 7.67. The summed E-state index contributed by atoms with van der Waals surface area (Å²) in [5, 5.41) is 1.42. The monoisotopic (exact) mass is 527 g/mol. The van der Waals surface area contributed by atoms with Gasteiger partial charge in [0, 0.05) is 6.54 Å². The van der Waals surface area contributed by atoms with E-state index in [0.717, 1.165) is 22.1 Å². The molecule has 0 radical (unpaired) electrons. The number of hydrogen-bond donors (Lipinski definition) is 0. The van der Waals surface area contributed by atoms with E-state index in [0.29, 0.717) is 40.6 Å². The van der Waals surface area contributed by atoms with Gasteiger partial charge in [-0.3, -0.25) is 24.1 Å². The van der Waals surface area contributed by atoms with E-state index in [2.05, 4.69) is 0 Å². The SMILES string of the molecule is COc1ccc(/C=C2/SC(=Nc3ccccc3)N(CCCCON3C(=O)c4ccccc4C3=O)C2=O)cc1. The average molecular weight is 528 g/mol. The van der Waals surface area contributed by atoms with Crippen molar-refractivity contribution >= 4 is 46.4 Å². The molecule has 2 heterocycles. The molecule has 1 saturated heterocycles. The number of methoxy groups -OCH3 is 1. The van der Waals surface area contributed by atoms with Gasteiger partial charge in [-0.15, -0.1) is 5.06 Å². The normalized spacial score (nSPS) is 17.1. The van der Waals surface area contributed by atoms with Gasteiger partial charge in [0.1, 0.15) is 5.75 Å². The summed E-state index contributed by atoms with van der Waals surface area (Å²) in [6, 6.07) is 23.6. The molecule has 3 aromatic carbocycles. The highest BCUT2D eigenvalue weighted by Gasteiger charge is 2.36. The van der Waals surface area contributed by atoms with Crippen LogP contribution in [-0.4, -0.2) is 53.1 Å². The maximum absolute atomic E-state index is 13.3. The molecule has 0 saturated carbocycles. The molecule has 0 N–H and O–H groups in total. The van der Waals surface area contributed by atoms with Gasteiger partial charge in [0.2, 0.25) is 0 Å². The molecule has 8 nitrogen and oxygen atoms in total.